The van der Waals surface area contributed by atoms with E-state index in [-0.39, 0.29) is 6.54 Å². The molecule has 7 atom stereocenters. The molecule has 39 heavy (non-hydrogen) atoms. The maximum atomic E-state index is 13.1. The minimum absolute atomic E-state index is 0.237. The number of carbonyl (C=O) groups is 7. The Balaban J connectivity index is 2.47. The van der Waals surface area contributed by atoms with Gasteiger partial charge in [0.25, 0.3) is 0 Å². The van der Waals surface area contributed by atoms with Crippen LogP contribution in [-0.4, -0.2) is 105 Å². The summed E-state index contributed by atoms with van der Waals surface area (Å²) < 4.78 is 0. The van der Waals surface area contributed by atoms with Crippen LogP contribution in [0.2, 0.25) is 0 Å². The third-order valence-corrected chi connectivity index (χ3v) is 6.64. The van der Waals surface area contributed by atoms with Crippen LogP contribution in [0, 0.1) is 5.92 Å². The molecule has 0 spiro atoms. The zero-order chi connectivity index (χ0) is 29.6. The molecule has 2 heterocycles. The second kappa shape index (κ2) is 13.4. The fraction of sp³-hybridized carbons (Fsp3) is 0.708. The number of nitrogens with zero attached hydrogens (tertiary/aromatic N) is 1. The van der Waals surface area contributed by atoms with Crippen LogP contribution < -0.4 is 26.6 Å². The molecule has 0 saturated carbocycles. The first-order valence-corrected chi connectivity index (χ1v) is 12.9. The van der Waals surface area contributed by atoms with E-state index in [2.05, 4.69) is 26.6 Å². The lowest BCUT2D eigenvalue weighted by Crippen LogP contribution is -2.62. The number of aliphatic hydroxyl groups is 1. The predicted molar refractivity (Wildman–Crippen MR) is 135 cm³/mol. The maximum absolute atomic E-state index is 13.1. The van der Waals surface area contributed by atoms with Gasteiger partial charge < -0.3 is 41.7 Å². The van der Waals surface area contributed by atoms with E-state index in [1.54, 1.807) is 13.8 Å². The van der Waals surface area contributed by atoms with Gasteiger partial charge in [0.2, 0.25) is 35.4 Å². The summed E-state index contributed by atoms with van der Waals surface area (Å²) in [6.07, 6.45) is -1.47. The molecule has 15 heteroatoms. The second-order valence-corrected chi connectivity index (χ2v) is 10.3. The van der Waals surface area contributed by atoms with E-state index in [9.17, 15) is 43.8 Å². The van der Waals surface area contributed by atoms with Gasteiger partial charge in [-0.1, -0.05) is 13.8 Å². The van der Waals surface area contributed by atoms with Crippen LogP contribution in [0.1, 0.15) is 53.9 Å². The molecule has 0 aromatic rings. The highest BCUT2D eigenvalue weighted by atomic mass is 16.4. The quantitative estimate of drug-likeness (QED) is 0.187. The van der Waals surface area contributed by atoms with Crippen molar-refractivity contribution in [2.75, 3.05) is 6.54 Å². The van der Waals surface area contributed by atoms with Gasteiger partial charge in [-0.25, -0.2) is 0 Å². The third kappa shape index (κ3) is 8.12. The lowest BCUT2D eigenvalue weighted by Gasteiger charge is -2.31. The van der Waals surface area contributed by atoms with Crippen LogP contribution in [0.25, 0.3) is 0 Å². The van der Waals surface area contributed by atoms with Crippen molar-refractivity contribution in [3.8, 4) is 0 Å². The summed E-state index contributed by atoms with van der Waals surface area (Å²) in [4.78, 5) is 90.6. The third-order valence-electron chi connectivity index (χ3n) is 6.64. The number of hydrogen-bond acceptors (Lipinski definition) is 8. The molecule has 0 aromatic carbocycles. The van der Waals surface area contributed by atoms with Gasteiger partial charge in [-0.05, 0) is 39.5 Å². The van der Waals surface area contributed by atoms with E-state index >= 15 is 0 Å². The van der Waals surface area contributed by atoms with E-state index in [4.69, 9.17) is 0 Å². The molecule has 15 nitrogen and oxygen atoms in total. The molecule has 0 unspecified atom stereocenters. The second-order valence-electron chi connectivity index (χ2n) is 10.3. The van der Waals surface area contributed by atoms with Crippen molar-refractivity contribution in [2.45, 2.75) is 96.2 Å². The van der Waals surface area contributed by atoms with Gasteiger partial charge in [-0.15, -0.1) is 0 Å². The summed E-state index contributed by atoms with van der Waals surface area (Å²) in [6, 6.07) is -7.60. The van der Waals surface area contributed by atoms with E-state index in [0.29, 0.717) is 12.8 Å². The highest BCUT2D eigenvalue weighted by Crippen LogP contribution is 2.19. The van der Waals surface area contributed by atoms with Crippen LogP contribution in [0.15, 0.2) is 0 Å². The Morgan fingerprint density at radius 3 is 1.95 bits per heavy atom. The summed E-state index contributed by atoms with van der Waals surface area (Å²) in [5.41, 5.74) is 0. The number of carboxylic acids is 1. The van der Waals surface area contributed by atoms with Crippen molar-refractivity contribution in [1.29, 1.82) is 0 Å². The number of fused-ring (bicyclic) bond motifs is 1. The molecule has 0 bridgehead atoms. The van der Waals surface area contributed by atoms with Crippen LogP contribution in [0.3, 0.4) is 0 Å². The lowest BCUT2D eigenvalue weighted by atomic mass is 10.0. The predicted octanol–water partition coefficient (Wildman–Crippen LogP) is -3.03. The summed E-state index contributed by atoms with van der Waals surface area (Å²) in [7, 11) is 0. The SMILES string of the molecule is CC(C)[C@@H]1NC(=O)[C@@H](C)NC(=O)[C@H]2CCCN2C(=O)[C@@H](C)NC(=O)[C@H]([C@@H](C)O)NC(=O)[C@@H](CC(=O)O)NC1=O. The normalized spacial score (nSPS) is 30.7. The van der Waals surface area contributed by atoms with Gasteiger partial charge in [0.15, 0.2) is 0 Å². The van der Waals surface area contributed by atoms with Crippen molar-refractivity contribution in [1.82, 2.24) is 31.5 Å². The molecule has 0 aromatic heterocycles. The lowest BCUT2D eigenvalue weighted by molar-refractivity contribution is -0.143. The zero-order valence-electron chi connectivity index (χ0n) is 22.6. The number of nitrogens with one attached hydrogen (secondary N) is 5. The topological polar surface area (TPSA) is 223 Å². The largest absolute Gasteiger partial charge is 0.481 e. The van der Waals surface area contributed by atoms with Gasteiger partial charge in [0, 0.05) is 6.54 Å². The van der Waals surface area contributed by atoms with Crippen LogP contribution in [0.5, 0.6) is 0 Å². The van der Waals surface area contributed by atoms with Crippen LogP contribution in [0.4, 0.5) is 0 Å². The Morgan fingerprint density at radius 2 is 1.38 bits per heavy atom. The molecular weight excluding hydrogens is 516 g/mol. The Bertz CT molecular complexity index is 1000. The van der Waals surface area contributed by atoms with Gasteiger partial charge in [-0.3, -0.25) is 33.6 Å². The summed E-state index contributed by atoms with van der Waals surface area (Å²) >= 11 is 0. The van der Waals surface area contributed by atoms with E-state index in [1.807, 2.05) is 0 Å². The van der Waals surface area contributed by atoms with E-state index in [0.717, 1.165) is 0 Å². The average molecular weight is 555 g/mol. The van der Waals surface area contributed by atoms with Crippen LogP contribution in [-0.2, 0) is 33.6 Å². The average Bonchev–Trinajstić information content (AvgIpc) is 3.33. The maximum Gasteiger partial charge on any atom is 0.305 e. The molecule has 2 fully saturated rings. The van der Waals surface area contributed by atoms with Gasteiger partial charge in [-0.2, -0.15) is 0 Å². The highest BCUT2D eigenvalue weighted by molar-refractivity contribution is 5.99. The molecule has 0 radical (unpaired) electrons. The molecule has 7 N–H and O–H groups in total. The van der Waals surface area contributed by atoms with E-state index < -0.39 is 96.1 Å². The number of hydrogen-bond donors (Lipinski definition) is 7. The van der Waals surface area contributed by atoms with Crippen molar-refractivity contribution < 1.29 is 43.8 Å². The molecular formula is C24H38N6O9. The standard InChI is InChI=1S/C24H38N6O9/c1-10(2)17-22(37)27-14(9-16(32)33)20(35)29-18(13(5)31)23(38)26-12(4)24(39)30-8-6-7-15(30)21(36)25-11(3)19(34)28-17/h10-15,17-18,31H,6-9H2,1-5H3,(H,25,36)(H,26,38)(H,27,37)(H,28,34)(H,29,35)(H,32,33)/t11-,12-,13-,14-,15-,17+,18+/m1/s1. The highest BCUT2D eigenvalue weighted by Gasteiger charge is 2.39. The van der Waals surface area contributed by atoms with Crippen molar-refractivity contribution in [3.05, 3.63) is 0 Å². The van der Waals surface area contributed by atoms with Crippen LogP contribution >= 0.6 is 0 Å². The van der Waals surface area contributed by atoms with Crippen molar-refractivity contribution in [3.63, 3.8) is 0 Å². The number of aliphatic hydroxyl groups excluding tert-OH is 1. The number of carbonyl (C=O) groups excluding carboxylic acids is 6. The first-order chi connectivity index (χ1) is 18.1. The number of carboxylic acid groups (broad SMARTS) is 1. The van der Waals surface area contributed by atoms with Gasteiger partial charge in [0.05, 0.1) is 12.5 Å². The van der Waals surface area contributed by atoms with Gasteiger partial charge in [0.1, 0.15) is 36.3 Å². The summed E-state index contributed by atoms with van der Waals surface area (Å²) in [5.74, 6) is -6.66. The van der Waals surface area contributed by atoms with Gasteiger partial charge >= 0.3 is 5.97 Å². The smallest absolute Gasteiger partial charge is 0.305 e. The monoisotopic (exact) mass is 554 g/mol. The summed E-state index contributed by atoms with van der Waals surface area (Å²) in [5, 5.41) is 31.5. The molecule has 2 aliphatic rings. The molecule has 6 amide bonds. The fourth-order valence-corrected chi connectivity index (χ4v) is 4.41. The minimum atomic E-state index is -1.66. The molecule has 2 rings (SSSR count). The van der Waals surface area contributed by atoms with Crippen molar-refractivity contribution >= 4 is 41.4 Å². The minimum Gasteiger partial charge on any atom is -0.481 e. The van der Waals surface area contributed by atoms with E-state index in [1.165, 1.54) is 25.7 Å². The fourth-order valence-electron chi connectivity index (χ4n) is 4.41. The summed E-state index contributed by atoms with van der Waals surface area (Å²) in [6.45, 7) is 7.46. The first-order valence-electron chi connectivity index (χ1n) is 12.9. The number of rotatable bonds is 4. The Hall–Kier alpha value is -3.75. The number of amides is 6. The molecule has 218 valence electrons. The Kier molecular flexibility index (Phi) is 10.8. The Labute approximate surface area is 225 Å². The molecule has 2 saturated heterocycles. The zero-order valence-corrected chi connectivity index (χ0v) is 22.6. The number of aliphatic carboxylic acids is 1. The molecule has 2 aliphatic heterocycles. The van der Waals surface area contributed by atoms with Crippen molar-refractivity contribution in [2.24, 2.45) is 5.92 Å². The first kappa shape index (κ1) is 31.5. The molecule has 0 aliphatic carbocycles. The Morgan fingerprint density at radius 1 is 0.821 bits per heavy atom.